The van der Waals surface area contributed by atoms with Crippen molar-refractivity contribution < 1.29 is 9.53 Å². The van der Waals surface area contributed by atoms with Gasteiger partial charge in [0.1, 0.15) is 5.65 Å². The Morgan fingerprint density at radius 2 is 1.84 bits per heavy atom. The number of aromatic nitrogens is 2. The number of halogens is 1. The van der Waals surface area contributed by atoms with E-state index in [1.165, 1.54) is 7.11 Å². The molecule has 0 saturated heterocycles. The van der Waals surface area contributed by atoms with Gasteiger partial charge in [-0.2, -0.15) is 0 Å². The van der Waals surface area contributed by atoms with Gasteiger partial charge in [-0.3, -0.25) is 9.36 Å². The van der Waals surface area contributed by atoms with Crippen LogP contribution < -0.4 is 5.56 Å². The monoisotopic (exact) mass is 432 g/mol. The van der Waals surface area contributed by atoms with E-state index in [0.29, 0.717) is 39.5 Å². The fourth-order valence-electron chi connectivity index (χ4n) is 3.89. The minimum absolute atomic E-state index is 0.223. The van der Waals surface area contributed by atoms with Gasteiger partial charge in [0.25, 0.3) is 5.56 Å². The number of fused-ring (bicyclic) bond motifs is 1. The molecule has 0 aliphatic heterocycles. The maximum atomic E-state index is 13.8. The predicted octanol–water partition coefficient (Wildman–Crippen LogP) is 5.50. The molecule has 0 aliphatic carbocycles. The first kappa shape index (κ1) is 20.8. The maximum absolute atomic E-state index is 13.8. The summed E-state index contributed by atoms with van der Waals surface area (Å²) in [4.78, 5) is 31.0. The molecule has 0 unspecified atom stereocenters. The summed E-state index contributed by atoms with van der Waals surface area (Å²) in [5, 5.41) is 1.36. The van der Waals surface area contributed by atoms with Gasteiger partial charge in [0.2, 0.25) is 0 Å². The number of ether oxygens (including phenoxy) is 1. The summed E-state index contributed by atoms with van der Waals surface area (Å²) in [6, 6.07) is 18.2. The number of esters is 1. The second kappa shape index (κ2) is 8.36. The van der Waals surface area contributed by atoms with Gasteiger partial charge in [-0.25, -0.2) is 9.78 Å². The van der Waals surface area contributed by atoms with E-state index in [0.717, 1.165) is 16.6 Å². The number of carbonyl (C=O) groups is 1. The molecule has 0 aliphatic rings. The molecule has 5 nitrogen and oxygen atoms in total. The summed E-state index contributed by atoms with van der Waals surface area (Å²) in [7, 11) is 1.33. The van der Waals surface area contributed by atoms with Crippen molar-refractivity contribution in [2.24, 2.45) is 0 Å². The number of benzene rings is 2. The summed E-state index contributed by atoms with van der Waals surface area (Å²) in [6.45, 7) is 4.23. The van der Waals surface area contributed by atoms with Crippen molar-refractivity contribution in [3.8, 4) is 22.3 Å². The van der Waals surface area contributed by atoms with Crippen molar-refractivity contribution >= 4 is 28.6 Å². The van der Waals surface area contributed by atoms with Gasteiger partial charge >= 0.3 is 5.97 Å². The molecule has 4 aromatic rings. The third-order valence-electron chi connectivity index (χ3n) is 5.28. The van der Waals surface area contributed by atoms with Crippen LogP contribution in [0.1, 0.15) is 23.0 Å². The lowest BCUT2D eigenvalue weighted by atomic mass is 9.90. The Morgan fingerprint density at radius 1 is 1.06 bits per heavy atom. The van der Waals surface area contributed by atoms with Gasteiger partial charge < -0.3 is 4.74 Å². The molecule has 0 radical (unpaired) electrons. The summed E-state index contributed by atoms with van der Waals surface area (Å²) >= 11 is 6.30. The van der Waals surface area contributed by atoms with Crippen LogP contribution in [0.5, 0.6) is 0 Å². The zero-order valence-electron chi connectivity index (χ0n) is 17.5. The normalized spacial score (nSPS) is 11.0. The van der Waals surface area contributed by atoms with Crippen LogP contribution >= 0.6 is 11.6 Å². The van der Waals surface area contributed by atoms with Gasteiger partial charge in [0, 0.05) is 33.8 Å². The molecule has 156 valence electrons. The van der Waals surface area contributed by atoms with Gasteiger partial charge in [0.15, 0.2) is 0 Å². The van der Waals surface area contributed by atoms with Crippen molar-refractivity contribution in [2.75, 3.05) is 7.11 Å². The van der Waals surface area contributed by atoms with Crippen LogP contribution in [-0.4, -0.2) is 22.6 Å². The lowest BCUT2D eigenvalue weighted by Crippen LogP contribution is -2.24. The highest BCUT2D eigenvalue weighted by Crippen LogP contribution is 2.37. The zero-order valence-corrected chi connectivity index (χ0v) is 18.2. The summed E-state index contributed by atoms with van der Waals surface area (Å²) in [5.41, 5.74) is 3.92. The number of rotatable bonds is 4. The topological polar surface area (TPSA) is 61.2 Å². The molecule has 0 fully saturated rings. The molecule has 0 amide bonds. The summed E-state index contributed by atoms with van der Waals surface area (Å²) in [5.74, 6) is -0.503. The third-order valence-corrected chi connectivity index (χ3v) is 5.51. The smallest absolute Gasteiger partial charge is 0.338 e. The fourth-order valence-corrected chi connectivity index (χ4v) is 4.08. The SMILES string of the molecule is CCn1c(=O)c(-c2ccccc2C(=O)OC)c(-c2cccc(Cl)c2)c2ccc(C)nc21. The number of pyridine rings is 2. The molecule has 0 bridgehead atoms. The van der Waals surface area contributed by atoms with E-state index < -0.39 is 5.97 Å². The molecule has 0 spiro atoms. The molecule has 2 aromatic carbocycles. The highest BCUT2D eigenvalue weighted by Gasteiger charge is 2.24. The molecule has 4 rings (SSSR count). The molecule has 0 atom stereocenters. The minimum Gasteiger partial charge on any atom is -0.465 e. The van der Waals surface area contributed by atoms with Gasteiger partial charge in [-0.05, 0) is 49.7 Å². The fraction of sp³-hybridized carbons (Fsp3) is 0.160. The average molecular weight is 433 g/mol. The molecule has 0 saturated carbocycles. The van der Waals surface area contributed by atoms with Crippen LogP contribution in [0, 0.1) is 6.92 Å². The molecular weight excluding hydrogens is 412 g/mol. The van der Waals surface area contributed by atoms with Crippen molar-refractivity contribution in [1.29, 1.82) is 0 Å². The van der Waals surface area contributed by atoms with Crippen LogP contribution in [0.15, 0.2) is 65.5 Å². The van der Waals surface area contributed by atoms with E-state index in [1.807, 2.05) is 44.2 Å². The first-order valence-electron chi connectivity index (χ1n) is 9.94. The first-order chi connectivity index (χ1) is 15.0. The molecule has 2 heterocycles. The second-order valence-corrected chi connectivity index (χ2v) is 7.61. The van der Waals surface area contributed by atoms with E-state index >= 15 is 0 Å². The van der Waals surface area contributed by atoms with Crippen LogP contribution in [0.2, 0.25) is 5.02 Å². The van der Waals surface area contributed by atoms with Gasteiger partial charge in [-0.15, -0.1) is 0 Å². The largest absolute Gasteiger partial charge is 0.465 e. The van der Waals surface area contributed by atoms with E-state index in [9.17, 15) is 9.59 Å². The number of aryl methyl sites for hydroxylation is 2. The lowest BCUT2D eigenvalue weighted by Gasteiger charge is -2.19. The number of methoxy groups -OCH3 is 1. The molecular formula is C25H21ClN2O3. The Balaban J connectivity index is 2.25. The number of hydrogen-bond donors (Lipinski definition) is 0. The Hall–Kier alpha value is -3.44. The summed E-state index contributed by atoms with van der Waals surface area (Å²) < 4.78 is 6.62. The van der Waals surface area contributed by atoms with Gasteiger partial charge in [0.05, 0.1) is 18.2 Å². The minimum atomic E-state index is -0.503. The second-order valence-electron chi connectivity index (χ2n) is 7.17. The average Bonchev–Trinajstić information content (AvgIpc) is 2.78. The lowest BCUT2D eigenvalue weighted by molar-refractivity contribution is 0.0601. The summed E-state index contributed by atoms with van der Waals surface area (Å²) in [6.07, 6.45) is 0. The van der Waals surface area contributed by atoms with Gasteiger partial charge in [-0.1, -0.05) is 41.9 Å². The van der Waals surface area contributed by atoms with Crippen LogP contribution in [0.4, 0.5) is 0 Å². The highest BCUT2D eigenvalue weighted by atomic mass is 35.5. The van der Waals surface area contributed by atoms with E-state index in [-0.39, 0.29) is 5.56 Å². The number of hydrogen-bond acceptors (Lipinski definition) is 4. The van der Waals surface area contributed by atoms with E-state index in [1.54, 1.807) is 34.9 Å². The van der Waals surface area contributed by atoms with Crippen molar-refractivity contribution in [3.63, 3.8) is 0 Å². The Morgan fingerprint density at radius 3 is 2.55 bits per heavy atom. The highest BCUT2D eigenvalue weighted by molar-refractivity contribution is 6.31. The Kier molecular flexibility index (Phi) is 5.61. The quantitative estimate of drug-likeness (QED) is 0.399. The third kappa shape index (κ3) is 3.62. The Bertz CT molecular complexity index is 1380. The molecule has 31 heavy (non-hydrogen) atoms. The maximum Gasteiger partial charge on any atom is 0.338 e. The molecule has 2 aromatic heterocycles. The van der Waals surface area contributed by atoms with E-state index in [4.69, 9.17) is 16.3 Å². The predicted molar refractivity (Wildman–Crippen MR) is 124 cm³/mol. The van der Waals surface area contributed by atoms with Crippen LogP contribution in [0.3, 0.4) is 0 Å². The van der Waals surface area contributed by atoms with Crippen molar-refractivity contribution in [1.82, 2.24) is 9.55 Å². The van der Waals surface area contributed by atoms with Crippen LogP contribution in [-0.2, 0) is 11.3 Å². The first-order valence-corrected chi connectivity index (χ1v) is 10.3. The Labute approximate surface area is 184 Å². The standard InChI is InChI=1S/C25H21ClN2O3/c1-4-28-23-20(13-12-15(2)27-23)21(16-8-7-9-17(26)14-16)22(24(28)29)18-10-5-6-11-19(18)25(30)31-3/h5-14H,4H2,1-3H3. The zero-order chi connectivity index (χ0) is 22.1. The van der Waals surface area contributed by atoms with E-state index in [2.05, 4.69) is 4.98 Å². The molecule has 0 N–H and O–H groups in total. The number of nitrogens with zero attached hydrogens (tertiary/aromatic N) is 2. The van der Waals surface area contributed by atoms with Crippen LogP contribution in [0.25, 0.3) is 33.3 Å². The molecule has 6 heteroatoms. The van der Waals surface area contributed by atoms with Crippen molar-refractivity contribution in [2.45, 2.75) is 20.4 Å². The number of carbonyl (C=O) groups excluding carboxylic acids is 1. The van der Waals surface area contributed by atoms with Crippen molar-refractivity contribution in [3.05, 3.63) is 87.3 Å².